The number of halogens is 2. The summed E-state index contributed by atoms with van der Waals surface area (Å²) in [7, 11) is 0. The van der Waals surface area contributed by atoms with E-state index in [4.69, 9.17) is 11.6 Å². The van der Waals surface area contributed by atoms with Crippen molar-refractivity contribution in [1.29, 1.82) is 0 Å². The van der Waals surface area contributed by atoms with Crippen molar-refractivity contribution < 1.29 is 4.39 Å². The Hall–Kier alpha value is -0.900. The molecule has 1 aromatic rings. The van der Waals surface area contributed by atoms with E-state index in [0.717, 1.165) is 12.8 Å². The molecule has 2 heterocycles. The van der Waals surface area contributed by atoms with Crippen LogP contribution < -0.4 is 4.90 Å². The smallest absolute Gasteiger partial charge is 0.202 e. The largest absolute Gasteiger partial charge is 0.349 e. The van der Waals surface area contributed by atoms with Gasteiger partial charge in [-0.1, -0.05) is 11.6 Å². The summed E-state index contributed by atoms with van der Waals surface area (Å²) in [6, 6.07) is 0.591. The van der Waals surface area contributed by atoms with Crippen molar-refractivity contribution in [2.75, 3.05) is 4.90 Å². The molecule has 3 nitrogen and oxygen atoms in total. The fraction of sp³-hybridized carbons (Fsp3) is 0.636. The van der Waals surface area contributed by atoms with E-state index >= 15 is 0 Å². The monoisotopic (exact) mass is 243 g/mol. The molecule has 0 spiro atoms. The summed E-state index contributed by atoms with van der Waals surface area (Å²) in [5, 5.41) is -0.102. The summed E-state index contributed by atoms with van der Waals surface area (Å²) in [4.78, 5) is 9.66. The molecule has 2 rings (SSSR count). The van der Waals surface area contributed by atoms with E-state index in [1.165, 1.54) is 12.7 Å². The van der Waals surface area contributed by atoms with E-state index in [9.17, 15) is 4.39 Å². The fourth-order valence-electron chi connectivity index (χ4n) is 2.36. The molecular weight excluding hydrogens is 229 g/mol. The van der Waals surface area contributed by atoms with Crippen molar-refractivity contribution in [3.63, 3.8) is 0 Å². The predicted octanol–water partition coefficient (Wildman–Crippen LogP) is 3.04. The minimum atomic E-state index is -0.509. The quantitative estimate of drug-likeness (QED) is 0.710. The standard InChI is InChI=1S/C11H15ClFN3/c1-7-4-3-5-8(2)16(7)11-9(13)10(12)14-6-15-11/h6-8H,3-5H2,1-2H3. The number of rotatable bonds is 1. The molecule has 1 aliphatic rings. The third-order valence-electron chi connectivity index (χ3n) is 3.17. The lowest BCUT2D eigenvalue weighted by molar-refractivity contribution is 0.404. The predicted molar refractivity (Wildman–Crippen MR) is 62.3 cm³/mol. The van der Waals surface area contributed by atoms with Gasteiger partial charge in [0.2, 0.25) is 5.82 Å². The normalized spacial score (nSPS) is 25.9. The van der Waals surface area contributed by atoms with Crippen molar-refractivity contribution in [3.8, 4) is 0 Å². The molecule has 0 radical (unpaired) electrons. The van der Waals surface area contributed by atoms with Crippen molar-refractivity contribution >= 4 is 17.4 Å². The zero-order valence-electron chi connectivity index (χ0n) is 9.45. The van der Waals surface area contributed by atoms with Crippen LogP contribution in [0.5, 0.6) is 0 Å². The highest BCUT2D eigenvalue weighted by Gasteiger charge is 2.28. The first kappa shape index (κ1) is 11.6. The van der Waals surface area contributed by atoms with Gasteiger partial charge in [-0.3, -0.25) is 0 Å². The minimum absolute atomic E-state index is 0.102. The van der Waals surface area contributed by atoms with E-state index in [1.54, 1.807) is 0 Å². The van der Waals surface area contributed by atoms with Crippen molar-refractivity contribution in [3.05, 3.63) is 17.3 Å². The van der Waals surface area contributed by atoms with Gasteiger partial charge in [-0.15, -0.1) is 0 Å². The number of aromatic nitrogens is 2. The fourth-order valence-corrected chi connectivity index (χ4v) is 2.49. The molecule has 0 N–H and O–H groups in total. The molecule has 5 heteroatoms. The van der Waals surface area contributed by atoms with Crippen LogP contribution in [0.4, 0.5) is 10.2 Å². The summed E-state index contributed by atoms with van der Waals surface area (Å²) in [5.41, 5.74) is 0. The van der Waals surface area contributed by atoms with Crippen LogP contribution in [-0.4, -0.2) is 22.1 Å². The first-order valence-electron chi connectivity index (χ1n) is 5.55. The second kappa shape index (κ2) is 4.53. The average molecular weight is 244 g/mol. The maximum absolute atomic E-state index is 13.8. The maximum atomic E-state index is 13.8. The molecule has 0 bridgehead atoms. The molecule has 2 atom stereocenters. The molecule has 1 aliphatic heterocycles. The summed E-state index contributed by atoms with van der Waals surface area (Å²) in [6.45, 7) is 4.18. The molecule has 0 aromatic carbocycles. The zero-order valence-corrected chi connectivity index (χ0v) is 10.2. The van der Waals surface area contributed by atoms with Crippen LogP contribution in [0.1, 0.15) is 33.1 Å². The Morgan fingerprint density at radius 3 is 2.56 bits per heavy atom. The van der Waals surface area contributed by atoms with Crippen LogP contribution in [0.15, 0.2) is 6.33 Å². The molecule has 2 unspecified atom stereocenters. The van der Waals surface area contributed by atoms with Gasteiger partial charge in [-0.25, -0.2) is 9.97 Å². The van der Waals surface area contributed by atoms with Crippen LogP contribution in [0.3, 0.4) is 0 Å². The lowest BCUT2D eigenvalue weighted by Gasteiger charge is -2.39. The molecule has 0 amide bonds. The zero-order chi connectivity index (χ0) is 11.7. The Morgan fingerprint density at radius 1 is 1.31 bits per heavy atom. The Balaban J connectivity index is 2.38. The highest BCUT2D eigenvalue weighted by atomic mass is 35.5. The molecule has 0 aliphatic carbocycles. The molecule has 1 saturated heterocycles. The Morgan fingerprint density at radius 2 is 1.94 bits per heavy atom. The van der Waals surface area contributed by atoms with Crippen LogP contribution in [0.2, 0.25) is 5.15 Å². The number of anilines is 1. The highest BCUT2D eigenvalue weighted by molar-refractivity contribution is 6.29. The second-order valence-corrected chi connectivity index (χ2v) is 4.70. The van der Waals surface area contributed by atoms with Gasteiger partial charge in [-0.05, 0) is 33.1 Å². The topological polar surface area (TPSA) is 29.0 Å². The number of hydrogen-bond donors (Lipinski definition) is 0. The van der Waals surface area contributed by atoms with Gasteiger partial charge in [0.25, 0.3) is 0 Å². The average Bonchev–Trinajstić information content (AvgIpc) is 2.24. The van der Waals surface area contributed by atoms with Crippen molar-refractivity contribution in [1.82, 2.24) is 9.97 Å². The summed E-state index contributed by atoms with van der Waals surface area (Å²) in [6.07, 6.45) is 4.62. The summed E-state index contributed by atoms with van der Waals surface area (Å²) < 4.78 is 13.8. The third kappa shape index (κ3) is 1.98. The molecular formula is C11H15ClFN3. The Bertz CT molecular complexity index is 375. The van der Waals surface area contributed by atoms with E-state index in [1.807, 2.05) is 4.90 Å². The van der Waals surface area contributed by atoms with Gasteiger partial charge in [0.1, 0.15) is 6.33 Å². The lowest BCUT2D eigenvalue weighted by atomic mass is 9.97. The molecule has 16 heavy (non-hydrogen) atoms. The maximum Gasteiger partial charge on any atom is 0.202 e. The van der Waals surface area contributed by atoms with Crippen LogP contribution >= 0.6 is 11.6 Å². The highest BCUT2D eigenvalue weighted by Crippen LogP contribution is 2.30. The van der Waals surface area contributed by atoms with Crippen molar-refractivity contribution in [2.45, 2.75) is 45.2 Å². The molecule has 0 saturated carbocycles. The Labute approximate surface area is 99.6 Å². The van der Waals surface area contributed by atoms with Gasteiger partial charge in [0, 0.05) is 12.1 Å². The summed E-state index contributed by atoms with van der Waals surface area (Å²) in [5.74, 6) is -0.176. The SMILES string of the molecule is CC1CCCC(C)N1c1ncnc(Cl)c1F. The number of hydrogen-bond acceptors (Lipinski definition) is 3. The second-order valence-electron chi connectivity index (χ2n) is 4.34. The first-order valence-corrected chi connectivity index (χ1v) is 5.93. The number of piperidine rings is 1. The van der Waals surface area contributed by atoms with Gasteiger partial charge >= 0.3 is 0 Å². The van der Waals surface area contributed by atoms with E-state index in [0.29, 0.717) is 17.9 Å². The molecule has 88 valence electrons. The van der Waals surface area contributed by atoms with Crippen molar-refractivity contribution in [2.24, 2.45) is 0 Å². The minimum Gasteiger partial charge on any atom is -0.349 e. The van der Waals surface area contributed by atoms with E-state index in [2.05, 4.69) is 23.8 Å². The van der Waals surface area contributed by atoms with E-state index in [-0.39, 0.29) is 5.15 Å². The summed E-state index contributed by atoms with van der Waals surface area (Å²) >= 11 is 5.68. The Kier molecular flexibility index (Phi) is 3.28. The molecule has 1 aromatic heterocycles. The van der Waals surface area contributed by atoms with Crippen LogP contribution in [0, 0.1) is 5.82 Å². The van der Waals surface area contributed by atoms with Gasteiger partial charge in [-0.2, -0.15) is 4.39 Å². The van der Waals surface area contributed by atoms with Gasteiger partial charge < -0.3 is 4.90 Å². The van der Waals surface area contributed by atoms with Crippen LogP contribution in [0.25, 0.3) is 0 Å². The van der Waals surface area contributed by atoms with Gasteiger partial charge in [0.05, 0.1) is 0 Å². The van der Waals surface area contributed by atoms with E-state index < -0.39 is 5.82 Å². The third-order valence-corrected chi connectivity index (χ3v) is 3.43. The van der Waals surface area contributed by atoms with Crippen LogP contribution in [-0.2, 0) is 0 Å². The first-order chi connectivity index (χ1) is 7.61. The van der Waals surface area contributed by atoms with Gasteiger partial charge in [0.15, 0.2) is 11.0 Å². The number of nitrogens with zero attached hydrogens (tertiary/aromatic N) is 3. The molecule has 1 fully saturated rings. The lowest BCUT2D eigenvalue weighted by Crippen LogP contribution is -2.44.